The number of nitrogens with two attached hydrogens (primary N) is 2. The third kappa shape index (κ3) is 6.42. The van der Waals surface area contributed by atoms with Crippen LogP contribution in [-0.4, -0.2) is 98.9 Å². The van der Waals surface area contributed by atoms with Gasteiger partial charge in [0.15, 0.2) is 41.4 Å². The molecule has 3 saturated heterocycles. The molecule has 20 nitrogen and oxygen atoms in total. The van der Waals surface area contributed by atoms with Crippen LogP contribution in [0.4, 0.5) is 27.7 Å². The SMILES string of the molecule is C/C=N\c1c(N)ncnc1NC1OC2CO[PH](=O)OC3C(OC)C(COP(=O)(S)NC2C1F)OC3n1cnc2c(=O)[nH]c(N)nc21. The van der Waals surface area contributed by atoms with E-state index in [0.29, 0.717) is 0 Å². The molecule has 0 aliphatic carbocycles. The number of H-pyrrole nitrogens is 1. The average Bonchev–Trinajstić information content (AvgIpc) is 3.66. The van der Waals surface area contributed by atoms with Gasteiger partial charge in [-0.2, -0.15) is 4.98 Å². The number of hydrogen-bond acceptors (Lipinski definition) is 17. The maximum atomic E-state index is 15.9. The van der Waals surface area contributed by atoms with Gasteiger partial charge in [-0.1, -0.05) is 12.2 Å². The summed E-state index contributed by atoms with van der Waals surface area (Å²) in [6.45, 7) is -3.31. The second-order valence-electron chi connectivity index (χ2n) is 10.2. The largest absolute Gasteiger partial charge is 0.382 e. The highest BCUT2D eigenvalue weighted by Gasteiger charge is 2.52. The summed E-state index contributed by atoms with van der Waals surface area (Å²) < 4.78 is 78.6. The summed E-state index contributed by atoms with van der Waals surface area (Å²) in [6.07, 6.45) is -4.81. The van der Waals surface area contributed by atoms with E-state index in [0.717, 1.165) is 6.33 Å². The third-order valence-corrected chi connectivity index (χ3v) is 10.0. The zero-order valence-electron chi connectivity index (χ0n) is 24.0. The number of aromatic amines is 1. The lowest BCUT2D eigenvalue weighted by Gasteiger charge is -2.25. The van der Waals surface area contributed by atoms with Crippen LogP contribution in [0.2, 0.25) is 0 Å². The molecule has 0 spiro atoms. The molecule has 3 aromatic rings. The van der Waals surface area contributed by atoms with Crippen molar-refractivity contribution in [1.29, 1.82) is 0 Å². The van der Waals surface area contributed by atoms with E-state index < -0.39 is 82.8 Å². The summed E-state index contributed by atoms with van der Waals surface area (Å²) in [4.78, 5) is 35.0. The van der Waals surface area contributed by atoms with Crippen molar-refractivity contribution >= 4 is 67.9 Å². The van der Waals surface area contributed by atoms with Gasteiger partial charge in [0.05, 0.1) is 25.6 Å². The van der Waals surface area contributed by atoms with Crippen LogP contribution in [-0.2, 0) is 36.9 Å². The van der Waals surface area contributed by atoms with Crippen molar-refractivity contribution in [2.24, 2.45) is 4.99 Å². The van der Waals surface area contributed by atoms with Crippen molar-refractivity contribution in [3.05, 3.63) is 23.0 Å². The molecule has 6 rings (SSSR count). The van der Waals surface area contributed by atoms with E-state index in [2.05, 4.69) is 52.6 Å². The van der Waals surface area contributed by atoms with E-state index in [1.165, 1.54) is 24.2 Å². The summed E-state index contributed by atoms with van der Waals surface area (Å²) in [5.74, 6) is -0.0660. The first-order chi connectivity index (χ1) is 22.0. The Morgan fingerprint density at radius 3 is 2.85 bits per heavy atom. The zero-order chi connectivity index (χ0) is 32.7. The molecule has 3 aliphatic heterocycles. The number of hydrogen-bond donors (Lipinski definition) is 6. The highest BCUT2D eigenvalue weighted by Crippen LogP contribution is 2.51. The molecule has 24 heteroatoms. The van der Waals surface area contributed by atoms with Crippen molar-refractivity contribution < 1.29 is 41.3 Å². The quantitative estimate of drug-likeness (QED) is 0.121. The molecule has 3 aliphatic rings. The molecule has 3 fully saturated rings. The number of anilines is 3. The number of nitrogen functional groups attached to an aromatic ring is 2. The molecule has 6 heterocycles. The van der Waals surface area contributed by atoms with Gasteiger partial charge in [0.2, 0.25) is 5.95 Å². The molecule has 0 aromatic carbocycles. The van der Waals surface area contributed by atoms with Gasteiger partial charge in [-0.05, 0) is 6.92 Å². The fourth-order valence-electron chi connectivity index (χ4n) is 5.34. The summed E-state index contributed by atoms with van der Waals surface area (Å²) >= 11 is 4.16. The lowest BCUT2D eigenvalue weighted by Crippen LogP contribution is -2.43. The van der Waals surface area contributed by atoms with E-state index in [9.17, 15) is 13.9 Å². The Labute approximate surface area is 264 Å². The Morgan fingerprint density at radius 1 is 1.28 bits per heavy atom. The van der Waals surface area contributed by atoms with E-state index >= 15 is 4.39 Å². The van der Waals surface area contributed by atoms with Gasteiger partial charge in [0, 0.05) is 13.3 Å². The van der Waals surface area contributed by atoms with Gasteiger partial charge in [-0.15, -0.1) is 0 Å². The van der Waals surface area contributed by atoms with Gasteiger partial charge in [-0.25, -0.2) is 24.4 Å². The second-order valence-corrected chi connectivity index (χ2v) is 14.3. The summed E-state index contributed by atoms with van der Waals surface area (Å²) in [7, 11) is -2.02. The van der Waals surface area contributed by atoms with Crippen molar-refractivity contribution in [1.82, 2.24) is 34.6 Å². The Balaban J connectivity index is 1.27. The number of aromatic nitrogens is 6. The molecule has 0 amide bonds. The maximum Gasteiger partial charge on any atom is 0.324 e. The minimum atomic E-state index is -4.08. The predicted molar refractivity (Wildman–Crippen MR) is 164 cm³/mol. The molecule has 3 aromatic heterocycles. The van der Waals surface area contributed by atoms with Crippen molar-refractivity contribution in [3.63, 3.8) is 0 Å². The smallest absolute Gasteiger partial charge is 0.324 e. The molecular formula is C22H30FN11O9P2S. The standard InChI is InChI=1S/C22H30FN11O9P2S/c1-3-26-12-16(24)27-6-28-17(12)30-20-10(23)11-8(41-20)4-39-44(36)43-15-14(38-2)9(5-40-45(37,46)33-11)42-21(15)34-7-29-13-18(34)31-22(25)32-19(13)35/h3,6-11,14-15,20-21,44H,4-5H2,1-2H3,(H2,33,37,46)(H3,24,27,28,30)(H3,25,31,32,35)/b26-3-. The summed E-state index contributed by atoms with van der Waals surface area (Å²) in [6, 6.07) is -1.33. The number of fused-ring (bicyclic) bond motifs is 4. The predicted octanol–water partition coefficient (Wildman–Crippen LogP) is 0.701. The molecule has 250 valence electrons. The number of nitrogens with one attached hydrogen (secondary N) is 3. The lowest BCUT2D eigenvalue weighted by molar-refractivity contribution is -0.0485. The third-order valence-electron chi connectivity index (χ3n) is 7.35. The number of thiol groups is 1. The first-order valence-corrected chi connectivity index (χ1v) is 17.6. The van der Waals surface area contributed by atoms with E-state index in [4.69, 9.17) is 39.2 Å². The number of nitrogens with zero attached hydrogens (tertiary/aromatic N) is 6. The normalized spacial score (nSPS) is 35.4. The second kappa shape index (κ2) is 13.2. The monoisotopic (exact) mass is 705 g/mol. The fourth-order valence-corrected chi connectivity index (χ4v) is 7.89. The van der Waals surface area contributed by atoms with Gasteiger partial charge in [0.25, 0.3) is 5.56 Å². The molecule has 10 atom stereocenters. The van der Waals surface area contributed by atoms with Gasteiger partial charge >= 0.3 is 15.0 Å². The fraction of sp³-hybridized carbons (Fsp3) is 0.545. The van der Waals surface area contributed by atoms with Gasteiger partial charge in [-0.3, -0.25) is 33.0 Å². The van der Waals surface area contributed by atoms with E-state index in [1.807, 2.05) is 0 Å². The van der Waals surface area contributed by atoms with E-state index in [-0.39, 0.29) is 34.4 Å². The van der Waals surface area contributed by atoms with Gasteiger partial charge < -0.3 is 40.0 Å². The lowest BCUT2D eigenvalue weighted by atomic mass is 10.1. The van der Waals surface area contributed by atoms with Crippen molar-refractivity contribution in [2.75, 3.05) is 37.1 Å². The topological polar surface area (TPSA) is 267 Å². The number of rotatable bonds is 5. The average molecular weight is 706 g/mol. The Hall–Kier alpha value is -3.04. The maximum absolute atomic E-state index is 15.9. The molecule has 7 N–H and O–H groups in total. The van der Waals surface area contributed by atoms with Crippen LogP contribution in [0.15, 0.2) is 22.4 Å². The van der Waals surface area contributed by atoms with Crippen LogP contribution in [0, 0.1) is 0 Å². The van der Waals surface area contributed by atoms with Crippen LogP contribution in [0.1, 0.15) is 13.2 Å². The number of alkyl halides is 1. The summed E-state index contributed by atoms with van der Waals surface area (Å²) in [5, 5.41) is 5.37. The van der Waals surface area contributed by atoms with Crippen LogP contribution < -0.4 is 27.4 Å². The van der Waals surface area contributed by atoms with Crippen LogP contribution in [0.3, 0.4) is 0 Å². The number of ether oxygens (including phenoxy) is 3. The first-order valence-electron chi connectivity index (χ1n) is 13.6. The number of aliphatic imine (C=N–C) groups is 1. The minimum Gasteiger partial charge on any atom is -0.382 e. The number of halogens is 1. The molecule has 10 unspecified atom stereocenters. The van der Waals surface area contributed by atoms with Gasteiger partial charge in [0.1, 0.15) is 36.4 Å². The van der Waals surface area contributed by atoms with E-state index in [1.54, 1.807) is 6.92 Å². The number of imidazole rings is 1. The molecular weight excluding hydrogens is 675 g/mol. The number of methoxy groups -OCH3 is 1. The molecule has 0 saturated carbocycles. The van der Waals surface area contributed by atoms with Crippen LogP contribution >= 0.6 is 27.2 Å². The first kappa shape index (κ1) is 32.9. The van der Waals surface area contributed by atoms with Crippen molar-refractivity contribution in [3.8, 4) is 0 Å². The Kier molecular flexibility index (Phi) is 9.45. The molecule has 2 bridgehead atoms. The minimum absolute atomic E-state index is 0.0382. The summed E-state index contributed by atoms with van der Waals surface area (Å²) in [5.41, 5.74) is 11.2. The molecule has 46 heavy (non-hydrogen) atoms. The van der Waals surface area contributed by atoms with Crippen LogP contribution in [0.25, 0.3) is 11.2 Å². The van der Waals surface area contributed by atoms with Crippen molar-refractivity contribution in [2.45, 2.75) is 56.0 Å². The molecule has 0 radical (unpaired) electrons. The van der Waals surface area contributed by atoms with Crippen LogP contribution in [0.5, 0.6) is 0 Å². The zero-order valence-corrected chi connectivity index (χ0v) is 26.8. The highest BCUT2D eigenvalue weighted by atomic mass is 32.7. The Morgan fingerprint density at radius 2 is 2.09 bits per heavy atom. The highest BCUT2D eigenvalue weighted by molar-refractivity contribution is 8.45. The Bertz CT molecular complexity index is 1770.